The third-order valence-corrected chi connectivity index (χ3v) is 4.05. The Balaban J connectivity index is 1.86. The Morgan fingerprint density at radius 3 is 2.33 bits per heavy atom. The van der Waals surface area contributed by atoms with Crippen molar-refractivity contribution in [2.75, 3.05) is 45.9 Å². The molecule has 3 amide bonds. The smallest absolute Gasteiger partial charge is 0.317 e. The van der Waals surface area contributed by atoms with Crippen molar-refractivity contribution in [1.29, 1.82) is 0 Å². The van der Waals surface area contributed by atoms with E-state index in [1.54, 1.807) is 4.90 Å². The van der Waals surface area contributed by atoms with Crippen LogP contribution in [0.1, 0.15) is 26.2 Å². The molecule has 2 fully saturated rings. The van der Waals surface area contributed by atoms with Crippen LogP contribution in [0.4, 0.5) is 9.18 Å². The van der Waals surface area contributed by atoms with Crippen LogP contribution >= 0.6 is 0 Å². The first-order valence-electron chi connectivity index (χ1n) is 7.65. The molecule has 0 atom stereocenters. The third kappa shape index (κ3) is 3.84. The highest BCUT2D eigenvalue weighted by Gasteiger charge is 2.45. The SMILES string of the molecule is CCCNC(=O)N1CCC(F)(C(=O)N2CCOCC2)CC1. The number of carbonyl (C=O) groups excluding carboxylic acids is 2. The number of nitrogens with one attached hydrogen (secondary N) is 1. The maximum Gasteiger partial charge on any atom is 0.317 e. The number of likely N-dealkylation sites (tertiary alicyclic amines) is 1. The molecule has 0 radical (unpaired) electrons. The normalized spacial score (nSPS) is 22.0. The van der Waals surface area contributed by atoms with Gasteiger partial charge in [-0.2, -0.15) is 0 Å². The second kappa shape index (κ2) is 7.06. The zero-order valence-electron chi connectivity index (χ0n) is 12.6. The Morgan fingerprint density at radius 2 is 1.76 bits per heavy atom. The van der Waals surface area contributed by atoms with E-state index in [1.165, 1.54) is 4.90 Å². The molecule has 2 saturated heterocycles. The van der Waals surface area contributed by atoms with Crippen molar-refractivity contribution in [3.05, 3.63) is 0 Å². The summed E-state index contributed by atoms with van der Waals surface area (Å²) in [5.41, 5.74) is -1.83. The standard InChI is InChI=1S/C14H24FN3O3/c1-2-5-16-13(20)18-6-3-14(15,4-7-18)12(19)17-8-10-21-11-9-17/h2-11H2,1H3,(H,16,20). The molecule has 0 aliphatic carbocycles. The van der Waals surface area contributed by atoms with E-state index in [0.717, 1.165) is 6.42 Å². The molecule has 7 heteroatoms. The molecule has 0 saturated carbocycles. The lowest BCUT2D eigenvalue weighted by atomic mass is 9.91. The summed E-state index contributed by atoms with van der Waals surface area (Å²) in [6.45, 7) is 4.98. The summed E-state index contributed by atoms with van der Waals surface area (Å²) < 4.78 is 20.0. The van der Waals surface area contributed by atoms with Gasteiger partial charge in [0.2, 0.25) is 0 Å². The van der Waals surface area contributed by atoms with Crippen LogP contribution < -0.4 is 5.32 Å². The number of amides is 3. The number of nitrogens with zero attached hydrogens (tertiary/aromatic N) is 2. The lowest BCUT2D eigenvalue weighted by Gasteiger charge is -2.39. The maximum absolute atomic E-state index is 14.8. The first-order valence-corrected chi connectivity index (χ1v) is 7.65. The van der Waals surface area contributed by atoms with Gasteiger partial charge in [0.25, 0.3) is 5.91 Å². The van der Waals surface area contributed by atoms with Crippen LogP contribution in [0.3, 0.4) is 0 Å². The third-order valence-electron chi connectivity index (χ3n) is 4.05. The van der Waals surface area contributed by atoms with Crippen LogP contribution in [0, 0.1) is 0 Å². The molecule has 2 aliphatic heterocycles. The quantitative estimate of drug-likeness (QED) is 0.837. The van der Waals surface area contributed by atoms with Crippen molar-refractivity contribution in [3.63, 3.8) is 0 Å². The lowest BCUT2D eigenvalue weighted by Crippen LogP contribution is -2.56. The lowest BCUT2D eigenvalue weighted by molar-refractivity contribution is -0.151. The molecule has 2 aliphatic rings. The second-order valence-corrected chi connectivity index (χ2v) is 5.59. The van der Waals surface area contributed by atoms with Gasteiger partial charge in [-0.05, 0) is 6.42 Å². The van der Waals surface area contributed by atoms with Gasteiger partial charge in [-0.3, -0.25) is 4.79 Å². The van der Waals surface area contributed by atoms with E-state index in [-0.39, 0.29) is 32.0 Å². The number of halogens is 1. The average molecular weight is 301 g/mol. The number of piperidine rings is 1. The Labute approximate surface area is 124 Å². The number of rotatable bonds is 3. The van der Waals surface area contributed by atoms with E-state index in [0.29, 0.717) is 32.8 Å². The second-order valence-electron chi connectivity index (χ2n) is 5.59. The van der Waals surface area contributed by atoms with Gasteiger partial charge >= 0.3 is 6.03 Å². The van der Waals surface area contributed by atoms with E-state index < -0.39 is 11.6 Å². The van der Waals surface area contributed by atoms with Crippen LogP contribution in [0.5, 0.6) is 0 Å². The predicted molar refractivity (Wildman–Crippen MR) is 75.7 cm³/mol. The van der Waals surface area contributed by atoms with Crippen LogP contribution in [0.25, 0.3) is 0 Å². The van der Waals surface area contributed by atoms with Crippen molar-refractivity contribution in [1.82, 2.24) is 15.1 Å². The number of ether oxygens (including phenoxy) is 1. The van der Waals surface area contributed by atoms with E-state index in [2.05, 4.69) is 5.32 Å². The summed E-state index contributed by atoms with van der Waals surface area (Å²) in [5.74, 6) is -0.445. The Hall–Kier alpha value is -1.37. The van der Waals surface area contributed by atoms with Gasteiger partial charge in [0.1, 0.15) is 0 Å². The highest BCUT2D eigenvalue weighted by molar-refractivity contribution is 5.86. The molecular formula is C14H24FN3O3. The van der Waals surface area contributed by atoms with Gasteiger partial charge in [0, 0.05) is 45.6 Å². The van der Waals surface area contributed by atoms with Crippen LogP contribution in [-0.4, -0.2) is 73.3 Å². The molecule has 0 aromatic rings. The Bertz CT molecular complexity index is 378. The molecule has 2 rings (SSSR count). The molecule has 0 bridgehead atoms. The Morgan fingerprint density at radius 1 is 1.14 bits per heavy atom. The Kier molecular flexibility index (Phi) is 5.39. The van der Waals surface area contributed by atoms with Gasteiger partial charge in [-0.15, -0.1) is 0 Å². The summed E-state index contributed by atoms with van der Waals surface area (Å²) in [5, 5.41) is 2.77. The topological polar surface area (TPSA) is 61.9 Å². The largest absolute Gasteiger partial charge is 0.378 e. The number of urea groups is 1. The number of alkyl halides is 1. The summed E-state index contributed by atoms with van der Waals surface area (Å²) in [6.07, 6.45) is 1.01. The van der Waals surface area contributed by atoms with Crippen LogP contribution in [0.2, 0.25) is 0 Å². The molecule has 0 aromatic carbocycles. The first-order chi connectivity index (χ1) is 10.1. The molecule has 2 heterocycles. The fourth-order valence-corrected chi connectivity index (χ4v) is 2.67. The molecule has 6 nitrogen and oxygen atoms in total. The molecule has 0 aromatic heterocycles. The molecule has 120 valence electrons. The van der Waals surface area contributed by atoms with Crippen molar-refractivity contribution >= 4 is 11.9 Å². The fourth-order valence-electron chi connectivity index (χ4n) is 2.67. The number of carbonyl (C=O) groups is 2. The predicted octanol–water partition coefficient (Wildman–Crippen LogP) is 0.769. The maximum atomic E-state index is 14.8. The number of morpholine rings is 1. The highest BCUT2D eigenvalue weighted by atomic mass is 19.1. The summed E-state index contributed by atoms with van der Waals surface area (Å²) in [4.78, 5) is 27.2. The fraction of sp³-hybridized carbons (Fsp3) is 0.857. The zero-order valence-corrected chi connectivity index (χ0v) is 12.6. The minimum Gasteiger partial charge on any atom is -0.378 e. The van der Waals surface area contributed by atoms with Crippen molar-refractivity contribution in [2.24, 2.45) is 0 Å². The summed E-state index contributed by atoms with van der Waals surface area (Å²) in [6, 6.07) is -0.169. The zero-order chi connectivity index (χ0) is 15.3. The minimum absolute atomic E-state index is 0.0722. The summed E-state index contributed by atoms with van der Waals surface area (Å²) >= 11 is 0. The molecule has 21 heavy (non-hydrogen) atoms. The first kappa shape index (κ1) is 16.0. The van der Waals surface area contributed by atoms with Crippen molar-refractivity contribution in [3.8, 4) is 0 Å². The van der Waals surface area contributed by atoms with Gasteiger partial charge in [-0.25, -0.2) is 9.18 Å². The monoisotopic (exact) mass is 301 g/mol. The van der Waals surface area contributed by atoms with E-state index >= 15 is 0 Å². The van der Waals surface area contributed by atoms with Gasteiger partial charge in [0.15, 0.2) is 5.67 Å². The highest BCUT2D eigenvalue weighted by Crippen LogP contribution is 2.29. The van der Waals surface area contributed by atoms with Crippen LogP contribution in [0.15, 0.2) is 0 Å². The van der Waals surface area contributed by atoms with Crippen molar-refractivity contribution < 1.29 is 18.7 Å². The minimum atomic E-state index is -1.83. The van der Waals surface area contributed by atoms with Gasteiger partial charge in [-0.1, -0.05) is 6.92 Å². The molecular weight excluding hydrogens is 277 g/mol. The van der Waals surface area contributed by atoms with Crippen molar-refractivity contribution in [2.45, 2.75) is 31.9 Å². The van der Waals surface area contributed by atoms with Gasteiger partial charge < -0.3 is 19.9 Å². The molecule has 0 unspecified atom stereocenters. The van der Waals surface area contributed by atoms with E-state index in [4.69, 9.17) is 4.74 Å². The molecule has 1 N–H and O–H groups in total. The average Bonchev–Trinajstić information content (AvgIpc) is 2.53. The summed E-state index contributed by atoms with van der Waals surface area (Å²) in [7, 11) is 0. The molecule has 0 spiro atoms. The van der Waals surface area contributed by atoms with Gasteiger partial charge in [0.05, 0.1) is 13.2 Å². The number of hydrogen-bond donors (Lipinski definition) is 1. The van der Waals surface area contributed by atoms with E-state index in [9.17, 15) is 14.0 Å². The number of hydrogen-bond acceptors (Lipinski definition) is 3. The van der Waals surface area contributed by atoms with Crippen LogP contribution in [-0.2, 0) is 9.53 Å². The van der Waals surface area contributed by atoms with E-state index in [1.807, 2.05) is 6.92 Å².